The van der Waals surface area contributed by atoms with Gasteiger partial charge in [-0.25, -0.2) is 4.79 Å². The predicted molar refractivity (Wildman–Crippen MR) is 143 cm³/mol. The van der Waals surface area contributed by atoms with E-state index in [2.05, 4.69) is 27.8 Å². The summed E-state index contributed by atoms with van der Waals surface area (Å²) in [4.78, 5) is 28.3. The lowest BCUT2D eigenvalue weighted by Crippen LogP contribution is -2.33. The molecule has 35 heavy (non-hydrogen) atoms. The molecule has 0 radical (unpaired) electrons. The van der Waals surface area contributed by atoms with Crippen LogP contribution in [-0.4, -0.2) is 25.0 Å². The quantitative estimate of drug-likeness (QED) is 0.375. The lowest BCUT2D eigenvalue weighted by molar-refractivity contribution is 0.0940. The lowest BCUT2D eigenvalue weighted by Gasteiger charge is -2.31. The van der Waals surface area contributed by atoms with Crippen LogP contribution in [-0.2, 0) is 6.42 Å². The van der Waals surface area contributed by atoms with Crippen molar-refractivity contribution in [2.24, 2.45) is 0 Å². The van der Waals surface area contributed by atoms with E-state index in [4.69, 9.17) is 0 Å². The monoisotopic (exact) mass is 470 g/mol. The fraction of sp³-hybridized carbons (Fsp3) is 0.310. The fourth-order valence-corrected chi connectivity index (χ4v) is 4.42. The first-order chi connectivity index (χ1) is 17.0. The Morgan fingerprint density at radius 3 is 2.20 bits per heavy atom. The number of carbonyl (C=O) groups excluding carboxylic acids is 2. The largest absolute Gasteiger partial charge is 0.371 e. The van der Waals surface area contributed by atoms with Gasteiger partial charge in [0.1, 0.15) is 0 Å². The van der Waals surface area contributed by atoms with Crippen LogP contribution < -0.4 is 20.9 Å². The van der Waals surface area contributed by atoms with E-state index >= 15 is 0 Å². The number of carbonyl (C=O) groups is 2. The van der Waals surface area contributed by atoms with E-state index in [1.165, 1.54) is 12.0 Å². The van der Waals surface area contributed by atoms with Gasteiger partial charge < -0.3 is 20.9 Å². The van der Waals surface area contributed by atoms with Crippen molar-refractivity contribution in [1.29, 1.82) is 0 Å². The van der Waals surface area contributed by atoms with Gasteiger partial charge in [0.05, 0.1) is 11.6 Å². The molecule has 3 aromatic rings. The van der Waals surface area contributed by atoms with Crippen molar-refractivity contribution in [2.45, 2.75) is 45.6 Å². The minimum absolute atomic E-state index is 0.135. The topological polar surface area (TPSA) is 73.5 Å². The summed E-state index contributed by atoms with van der Waals surface area (Å²) in [7, 11) is 0. The van der Waals surface area contributed by atoms with Crippen molar-refractivity contribution in [3.8, 4) is 0 Å². The molecule has 4 rings (SSSR count). The van der Waals surface area contributed by atoms with Crippen molar-refractivity contribution in [3.63, 3.8) is 0 Å². The Morgan fingerprint density at radius 1 is 0.857 bits per heavy atom. The normalized spacial score (nSPS) is 14.2. The smallest absolute Gasteiger partial charge is 0.323 e. The van der Waals surface area contributed by atoms with Crippen LogP contribution in [0.3, 0.4) is 0 Å². The molecule has 182 valence electrons. The zero-order valence-corrected chi connectivity index (χ0v) is 20.5. The molecule has 1 fully saturated rings. The highest BCUT2D eigenvalue weighted by atomic mass is 16.2. The number of nitrogens with zero attached hydrogens (tertiary/aromatic N) is 1. The second kappa shape index (κ2) is 11.6. The van der Waals surface area contributed by atoms with Gasteiger partial charge in [-0.3, -0.25) is 4.79 Å². The molecule has 0 bridgehead atoms. The van der Waals surface area contributed by atoms with E-state index in [-0.39, 0.29) is 18.0 Å². The number of rotatable bonds is 7. The third-order valence-corrected chi connectivity index (χ3v) is 6.46. The number of benzene rings is 3. The van der Waals surface area contributed by atoms with Crippen molar-refractivity contribution in [2.75, 3.05) is 28.6 Å². The number of amides is 3. The number of nitrogens with one attached hydrogen (secondary N) is 3. The molecule has 1 saturated heterocycles. The molecule has 1 unspecified atom stereocenters. The minimum atomic E-state index is -0.344. The molecular weight excluding hydrogens is 436 g/mol. The molecule has 3 amide bonds. The zero-order valence-electron chi connectivity index (χ0n) is 20.5. The Morgan fingerprint density at radius 2 is 1.51 bits per heavy atom. The van der Waals surface area contributed by atoms with Gasteiger partial charge in [0.15, 0.2) is 0 Å². The molecule has 1 aliphatic rings. The third-order valence-electron chi connectivity index (χ3n) is 6.46. The molecule has 1 atom stereocenters. The number of anilines is 3. The van der Waals surface area contributed by atoms with Crippen LogP contribution in [0.15, 0.2) is 72.8 Å². The van der Waals surface area contributed by atoms with Crippen LogP contribution in [0.1, 0.15) is 60.6 Å². The first-order valence-electron chi connectivity index (χ1n) is 12.4. The Labute approximate surface area is 207 Å². The molecule has 6 heteroatoms. The van der Waals surface area contributed by atoms with Crippen molar-refractivity contribution >= 4 is 29.0 Å². The van der Waals surface area contributed by atoms with Gasteiger partial charge in [-0.1, -0.05) is 49.4 Å². The van der Waals surface area contributed by atoms with Crippen molar-refractivity contribution < 1.29 is 9.59 Å². The number of hydrogen-bond acceptors (Lipinski definition) is 3. The van der Waals surface area contributed by atoms with E-state index < -0.39 is 0 Å². The summed E-state index contributed by atoms with van der Waals surface area (Å²) in [6.07, 6.45) is 4.38. The highest BCUT2D eigenvalue weighted by Gasteiger charge is 2.21. The Hall–Kier alpha value is -3.80. The highest BCUT2D eigenvalue weighted by molar-refractivity contribution is 6.04. The second-order valence-electron chi connectivity index (χ2n) is 9.02. The second-order valence-corrected chi connectivity index (χ2v) is 9.02. The Bertz CT molecular complexity index is 1140. The first kappa shape index (κ1) is 24.3. The molecule has 3 N–H and O–H groups in total. The SMILES string of the molecule is CCc1ccc(NC(=O)Nc2ccc(N3CCCCC3)c(C(=O)NC(C)c3ccccc3)c2)cc1. The van der Waals surface area contributed by atoms with Crippen molar-refractivity contribution in [3.05, 3.63) is 89.5 Å². The summed E-state index contributed by atoms with van der Waals surface area (Å²) in [5.41, 5.74) is 5.03. The Balaban J connectivity index is 1.52. The van der Waals surface area contributed by atoms with Crippen LogP contribution >= 0.6 is 0 Å². The Kier molecular flexibility index (Phi) is 8.03. The van der Waals surface area contributed by atoms with Crippen LogP contribution in [0.2, 0.25) is 0 Å². The minimum Gasteiger partial charge on any atom is -0.371 e. The average Bonchev–Trinajstić information content (AvgIpc) is 2.90. The van der Waals surface area contributed by atoms with Crippen LogP contribution in [0.4, 0.5) is 21.9 Å². The molecule has 3 aromatic carbocycles. The van der Waals surface area contributed by atoms with Gasteiger partial charge in [0.25, 0.3) is 5.91 Å². The van der Waals surface area contributed by atoms with Gasteiger partial charge in [-0.2, -0.15) is 0 Å². The highest BCUT2D eigenvalue weighted by Crippen LogP contribution is 2.28. The average molecular weight is 471 g/mol. The van der Waals surface area contributed by atoms with Crippen LogP contribution in [0.5, 0.6) is 0 Å². The number of hydrogen-bond donors (Lipinski definition) is 3. The number of urea groups is 1. The lowest BCUT2D eigenvalue weighted by atomic mass is 10.0. The summed E-state index contributed by atoms with van der Waals surface area (Å²) in [5, 5.41) is 8.87. The third kappa shape index (κ3) is 6.41. The predicted octanol–water partition coefficient (Wildman–Crippen LogP) is 6.37. The maximum Gasteiger partial charge on any atom is 0.323 e. The maximum atomic E-state index is 13.4. The molecule has 1 aliphatic heterocycles. The number of aryl methyl sites for hydroxylation is 1. The molecule has 0 saturated carbocycles. The van der Waals surface area contributed by atoms with E-state index in [0.29, 0.717) is 11.3 Å². The van der Waals surface area contributed by atoms with E-state index in [1.807, 2.05) is 73.7 Å². The van der Waals surface area contributed by atoms with Gasteiger partial charge >= 0.3 is 6.03 Å². The number of piperidine rings is 1. The summed E-state index contributed by atoms with van der Waals surface area (Å²) >= 11 is 0. The molecule has 0 spiro atoms. The molecular formula is C29H34N4O2. The van der Waals surface area contributed by atoms with E-state index in [0.717, 1.165) is 49.3 Å². The summed E-state index contributed by atoms with van der Waals surface area (Å²) in [5.74, 6) is -0.152. The van der Waals surface area contributed by atoms with Gasteiger partial charge in [-0.05, 0) is 74.1 Å². The molecule has 1 heterocycles. The standard InChI is InChI=1S/C29H34N4O2/c1-3-22-12-14-24(15-13-22)31-29(35)32-25-16-17-27(33-18-8-5-9-19-33)26(20-25)28(34)30-21(2)23-10-6-4-7-11-23/h4,6-7,10-17,20-21H,3,5,8-9,18-19H2,1-2H3,(H,30,34)(H2,31,32,35). The van der Waals surface area contributed by atoms with Gasteiger partial charge in [-0.15, -0.1) is 0 Å². The molecule has 0 aliphatic carbocycles. The maximum absolute atomic E-state index is 13.4. The summed E-state index contributed by atoms with van der Waals surface area (Å²) < 4.78 is 0. The van der Waals surface area contributed by atoms with Gasteiger partial charge in [0.2, 0.25) is 0 Å². The van der Waals surface area contributed by atoms with Crippen molar-refractivity contribution in [1.82, 2.24) is 5.32 Å². The van der Waals surface area contributed by atoms with Crippen LogP contribution in [0.25, 0.3) is 0 Å². The first-order valence-corrected chi connectivity index (χ1v) is 12.4. The van der Waals surface area contributed by atoms with Gasteiger partial charge in [0, 0.05) is 30.2 Å². The van der Waals surface area contributed by atoms with Crippen LogP contribution in [0, 0.1) is 0 Å². The van der Waals surface area contributed by atoms with E-state index in [1.54, 1.807) is 6.07 Å². The zero-order chi connectivity index (χ0) is 24.6. The molecule has 0 aromatic heterocycles. The fourth-order valence-electron chi connectivity index (χ4n) is 4.42. The van der Waals surface area contributed by atoms with E-state index in [9.17, 15) is 9.59 Å². The summed E-state index contributed by atoms with van der Waals surface area (Å²) in [6, 6.07) is 22.8. The molecule has 6 nitrogen and oxygen atoms in total. The summed E-state index contributed by atoms with van der Waals surface area (Å²) in [6.45, 7) is 5.93.